The Morgan fingerprint density at radius 1 is 1.05 bits per heavy atom. The molecule has 0 aliphatic carbocycles. The van der Waals surface area contributed by atoms with E-state index in [2.05, 4.69) is 5.32 Å². The second-order valence-corrected chi connectivity index (χ2v) is 14.1. The van der Waals surface area contributed by atoms with E-state index in [0.29, 0.717) is 35.8 Å². The Morgan fingerprint density at radius 3 is 2.43 bits per heavy atom. The molecule has 2 aliphatic rings. The molecular weight excluding hydrogens is 611 g/mol. The summed E-state index contributed by atoms with van der Waals surface area (Å²) in [5.41, 5.74) is -3.72. The molecule has 2 aromatic carbocycles. The van der Waals surface area contributed by atoms with Crippen LogP contribution in [0, 0.1) is 0 Å². The number of benzene rings is 2. The lowest BCUT2D eigenvalue weighted by Crippen LogP contribution is -2.54. The van der Waals surface area contributed by atoms with Crippen LogP contribution in [0.15, 0.2) is 54.6 Å². The Bertz CT molecular complexity index is 1570. The van der Waals surface area contributed by atoms with E-state index in [1.807, 2.05) is 30.3 Å². The zero-order chi connectivity index (χ0) is 31.6. The van der Waals surface area contributed by atoms with Gasteiger partial charge in [-0.05, 0) is 81.7 Å². The number of rotatable bonds is 10. The van der Waals surface area contributed by atoms with Crippen molar-refractivity contribution in [1.82, 2.24) is 10.2 Å². The van der Waals surface area contributed by atoms with Crippen molar-refractivity contribution in [3.05, 3.63) is 65.0 Å². The van der Waals surface area contributed by atoms with Crippen molar-refractivity contribution >= 4 is 52.4 Å². The molecule has 2 saturated heterocycles. The second kappa shape index (κ2) is 13.0. The van der Waals surface area contributed by atoms with Gasteiger partial charge in [-0.15, -0.1) is 11.3 Å². The summed E-state index contributed by atoms with van der Waals surface area (Å²) in [6.45, 7) is 2.49. The van der Waals surface area contributed by atoms with E-state index < -0.39 is 36.8 Å². The number of likely N-dealkylation sites (N-methyl/N-ethyl adjacent to an activating group) is 1. The van der Waals surface area contributed by atoms with Gasteiger partial charge in [0.25, 0.3) is 5.91 Å². The maximum atomic E-state index is 15.3. The van der Waals surface area contributed by atoms with Crippen LogP contribution in [0.2, 0.25) is 0 Å². The van der Waals surface area contributed by atoms with Gasteiger partial charge in [-0.3, -0.25) is 18.9 Å². The number of para-hydroxylation sites is 1. The molecule has 3 aromatic rings. The summed E-state index contributed by atoms with van der Waals surface area (Å²) in [7, 11) is -3.10. The van der Waals surface area contributed by atoms with Crippen molar-refractivity contribution in [3.63, 3.8) is 0 Å². The van der Waals surface area contributed by atoms with Gasteiger partial charge in [-0.25, -0.2) is 0 Å². The summed E-state index contributed by atoms with van der Waals surface area (Å²) in [4.78, 5) is 44.1. The lowest BCUT2D eigenvalue weighted by molar-refractivity contribution is -0.140. The van der Waals surface area contributed by atoms with Crippen molar-refractivity contribution < 1.29 is 36.8 Å². The number of alkyl halides is 2. The number of carbonyl (C=O) groups excluding carboxylic acids is 3. The minimum atomic E-state index is -4.79. The fourth-order valence-electron chi connectivity index (χ4n) is 6.01. The van der Waals surface area contributed by atoms with Crippen molar-refractivity contribution in [3.8, 4) is 0 Å². The maximum absolute atomic E-state index is 15.3. The van der Waals surface area contributed by atoms with E-state index in [1.165, 1.54) is 32.0 Å². The first kappa shape index (κ1) is 32.2. The highest BCUT2D eigenvalue weighted by molar-refractivity contribution is 7.54. The molecule has 0 radical (unpaired) electrons. The minimum absolute atomic E-state index is 0.0729. The third-order valence-corrected chi connectivity index (χ3v) is 11.4. The van der Waals surface area contributed by atoms with Crippen LogP contribution in [0.4, 0.5) is 14.5 Å². The van der Waals surface area contributed by atoms with Crippen LogP contribution >= 0.6 is 18.9 Å². The summed E-state index contributed by atoms with van der Waals surface area (Å²) in [6, 6.07) is 13.0. The van der Waals surface area contributed by atoms with Gasteiger partial charge in [0.1, 0.15) is 12.1 Å². The molecule has 2 aliphatic heterocycles. The molecule has 44 heavy (non-hydrogen) atoms. The predicted octanol–water partition coefficient (Wildman–Crippen LogP) is 6.52. The Balaban J connectivity index is 1.34. The molecule has 0 bridgehead atoms. The van der Waals surface area contributed by atoms with E-state index in [9.17, 15) is 18.9 Å². The SMILES string of the molecule is CCOP(=O)(OCC)C(F)(F)c1ccc2sc(C(=O)N[C@H]3CCC[C@H]4CC[C@@H](C(=O)N(C)c5ccccc5)N4C3=O)cc2c1. The van der Waals surface area contributed by atoms with Crippen LogP contribution in [0.3, 0.4) is 0 Å². The summed E-state index contributed by atoms with van der Waals surface area (Å²) in [6.07, 6.45) is 3.14. The lowest BCUT2D eigenvalue weighted by atomic mass is 10.1. The Labute approximate surface area is 259 Å². The first-order chi connectivity index (χ1) is 21.0. The van der Waals surface area contributed by atoms with Crippen molar-refractivity contribution in [2.45, 2.75) is 69.7 Å². The fraction of sp³-hybridized carbons (Fsp3) is 0.452. The number of hydrogen-bond acceptors (Lipinski definition) is 7. The normalized spacial score (nSPS) is 20.8. The number of carbonyl (C=O) groups is 3. The second-order valence-electron chi connectivity index (χ2n) is 10.9. The topological polar surface area (TPSA) is 105 Å². The largest absolute Gasteiger partial charge is 0.404 e. The standard InChI is InChI=1S/C31H36F2N3O6PS/c1-4-41-43(40,42-5-2)31(32,33)21-14-17-26-20(18-21)19-27(44-26)28(37)34-24-13-9-12-23-15-16-25(36(23)29(24)38)30(39)35(3)22-10-7-6-8-11-22/h6-8,10-11,14,17-19,23-25H,4-5,9,12-13,15-16H2,1-3H3,(H,34,37)/t23-,24-,25-/m0/s1. The molecule has 236 valence electrons. The number of fused-ring (bicyclic) bond motifs is 2. The molecule has 3 amide bonds. The van der Waals surface area contributed by atoms with Gasteiger partial charge < -0.3 is 24.2 Å². The van der Waals surface area contributed by atoms with Crippen LogP contribution in [-0.2, 0) is 28.9 Å². The molecule has 0 spiro atoms. The molecule has 0 unspecified atom stereocenters. The molecule has 1 aromatic heterocycles. The van der Waals surface area contributed by atoms with Gasteiger partial charge >= 0.3 is 13.3 Å². The van der Waals surface area contributed by atoms with Crippen LogP contribution in [0.5, 0.6) is 0 Å². The molecular formula is C31H36F2N3O6PS. The molecule has 0 saturated carbocycles. The molecule has 2 fully saturated rings. The summed E-state index contributed by atoms with van der Waals surface area (Å²) < 4.78 is 54.0. The zero-order valence-electron chi connectivity index (χ0n) is 24.8. The smallest absolute Gasteiger partial charge is 0.340 e. The Kier molecular flexibility index (Phi) is 9.55. The van der Waals surface area contributed by atoms with E-state index in [1.54, 1.807) is 16.8 Å². The average Bonchev–Trinajstić information content (AvgIpc) is 3.60. The van der Waals surface area contributed by atoms with Crippen LogP contribution in [0.1, 0.15) is 61.2 Å². The number of halogens is 2. The third kappa shape index (κ3) is 6.05. The summed E-state index contributed by atoms with van der Waals surface area (Å²) in [5, 5.41) is 3.20. The monoisotopic (exact) mass is 647 g/mol. The lowest BCUT2D eigenvalue weighted by Gasteiger charge is -2.32. The van der Waals surface area contributed by atoms with E-state index in [-0.39, 0.29) is 35.9 Å². The highest BCUT2D eigenvalue weighted by Crippen LogP contribution is 2.67. The highest BCUT2D eigenvalue weighted by Gasteiger charge is 2.55. The zero-order valence-corrected chi connectivity index (χ0v) is 26.5. The van der Waals surface area contributed by atoms with Gasteiger partial charge in [-0.2, -0.15) is 8.78 Å². The highest BCUT2D eigenvalue weighted by atomic mass is 32.1. The predicted molar refractivity (Wildman–Crippen MR) is 165 cm³/mol. The van der Waals surface area contributed by atoms with Gasteiger partial charge in [0.2, 0.25) is 11.8 Å². The molecule has 1 N–H and O–H groups in total. The number of nitrogens with one attached hydrogen (secondary N) is 1. The van der Waals surface area contributed by atoms with Gasteiger partial charge in [0.15, 0.2) is 0 Å². The van der Waals surface area contributed by atoms with E-state index in [0.717, 1.165) is 29.5 Å². The van der Waals surface area contributed by atoms with Gasteiger partial charge in [-0.1, -0.05) is 24.3 Å². The summed E-state index contributed by atoms with van der Waals surface area (Å²) >= 11 is 1.10. The van der Waals surface area contributed by atoms with E-state index >= 15 is 8.78 Å². The van der Waals surface area contributed by atoms with Crippen molar-refractivity contribution in [1.29, 1.82) is 0 Å². The number of anilines is 1. The first-order valence-electron chi connectivity index (χ1n) is 14.8. The Hall–Kier alpha value is -3.18. The fourth-order valence-corrected chi connectivity index (χ4v) is 8.49. The van der Waals surface area contributed by atoms with Crippen LogP contribution < -0.4 is 10.2 Å². The maximum Gasteiger partial charge on any atom is 0.404 e. The van der Waals surface area contributed by atoms with Crippen LogP contribution in [-0.4, -0.2) is 61.0 Å². The molecule has 5 rings (SSSR count). The van der Waals surface area contributed by atoms with Crippen LogP contribution in [0.25, 0.3) is 10.1 Å². The van der Waals surface area contributed by atoms with Crippen molar-refractivity contribution in [2.75, 3.05) is 25.2 Å². The number of nitrogens with zero attached hydrogens (tertiary/aromatic N) is 2. The van der Waals surface area contributed by atoms with E-state index in [4.69, 9.17) is 9.05 Å². The number of thiophene rings is 1. The quantitative estimate of drug-likeness (QED) is 0.251. The Morgan fingerprint density at radius 2 is 1.75 bits per heavy atom. The average molecular weight is 648 g/mol. The molecule has 3 heterocycles. The summed E-state index contributed by atoms with van der Waals surface area (Å²) in [5.74, 6) is -0.966. The number of amides is 3. The molecule has 3 atom stereocenters. The molecule has 13 heteroatoms. The first-order valence-corrected chi connectivity index (χ1v) is 17.1. The van der Waals surface area contributed by atoms with Gasteiger partial charge in [0, 0.05) is 29.0 Å². The van der Waals surface area contributed by atoms with Crippen molar-refractivity contribution in [2.24, 2.45) is 0 Å². The third-order valence-electron chi connectivity index (χ3n) is 8.18. The molecule has 9 nitrogen and oxygen atoms in total. The van der Waals surface area contributed by atoms with Gasteiger partial charge in [0.05, 0.1) is 18.1 Å². The number of hydrogen-bond donors (Lipinski definition) is 1. The minimum Gasteiger partial charge on any atom is -0.340 e.